The molecule has 2 unspecified atom stereocenters. The number of aromatic nitrogens is 1. The SMILES string of the molecule is CCOCCOCCOCCOCCOCCOCCOc1cccc(C(Cc2ccc(OC)cc2)C(C)NC(=O)C(C)(C)Oc2ccc(C(F)(F)F)cn2)c1. The summed E-state index contributed by atoms with van der Waals surface area (Å²) in [6, 6.07) is 16.9. The Morgan fingerprint density at radius 1 is 0.732 bits per heavy atom. The van der Waals surface area contributed by atoms with E-state index in [2.05, 4.69) is 10.3 Å². The summed E-state index contributed by atoms with van der Waals surface area (Å²) in [4.78, 5) is 17.3. The highest BCUT2D eigenvalue weighted by Gasteiger charge is 2.35. The van der Waals surface area contributed by atoms with Gasteiger partial charge in [-0.3, -0.25) is 4.79 Å². The number of halogens is 3. The Hall–Kier alpha value is -3.99. The van der Waals surface area contributed by atoms with Gasteiger partial charge in [-0.15, -0.1) is 0 Å². The first-order valence-electron chi connectivity index (χ1n) is 18.8. The molecule has 1 aromatic heterocycles. The van der Waals surface area contributed by atoms with Gasteiger partial charge in [-0.2, -0.15) is 13.2 Å². The average molecular weight is 795 g/mol. The van der Waals surface area contributed by atoms with Gasteiger partial charge in [0, 0.05) is 30.8 Å². The van der Waals surface area contributed by atoms with Gasteiger partial charge in [-0.25, -0.2) is 4.98 Å². The fourth-order valence-electron chi connectivity index (χ4n) is 5.29. The van der Waals surface area contributed by atoms with E-state index in [0.717, 1.165) is 29.0 Å². The second-order valence-electron chi connectivity index (χ2n) is 13.1. The number of hydrogen-bond acceptors (Lipinski definition) is 11. The molecule has 0 radical (unpaired) electrons. The third-order valence-corrected chi connectivity index (χ3v) is 8.39. The number of ether oxygens (including phenoxy) is 9. The van der Waals surface area contributed by atoms with Crippen LogP contribution >= 0.6 is 0 Å². The van der Waals surface area contributed by atoms with E-state index in [4.69, 9.17) is 42.6 Å². The minimum atomic E-state index is -4.53. The molecule has 0 saturated heterocycles. The summed E-state index contributed by atoms with van der Waals surface area (Å²) in [5, 5.41) is 3.05. The van der Waals surface area contributed by atoms with Gasteiger partial charge in [-0.1, -0.05) is 24.3 Å². The molecule has 0 aliphatic carbocycles. The van der Waals surface area contributed by atoms with E-state index >= 15 is 0 Å². The normalized spacial score (nSPS) is 12.9. The van der Waals surface area contributed by atoms with Gasteiger partial charge in [-0.05, 0) is 75.6 Å². The van der Waals surface area contributed by atoms with Gasteiger partial charge in [0.25, 0.3) is 5.91 Å². The minimum Gasteiger partial charge on any atom is -0.497 e. The Labute approximate surface area is 328 Å². The molecule has 1 N–H and O–H groups in total. The van der Waals surface area contributed by atoms with Gasteiger partial charge < -0.3 is 47.9 Å². The number of methoxy groups -OCH3 is 1. The molecule has 1 amide bonds. The molecule has 3 rings (SSSR count). The van der Waals surface area contributed by atoms with Crippen molar-refractivity contribution in [3.8, 4) is 17.4 Å². The van der Waals surface area contributed by atoms with E-state index in [1.807, 2.05) is 62.4 Å². The smallest absolute Gasteiger partial charge is 0.417 e. The maximum atomic E-state index is 13.5. The van der Waals surface area contributed by atoms with E-state index in [1.54, 1.807) is 7.11 Å². The van der Waals surface area contributed by atoms with Crippen molar-refractivity contribution >= 4 is 5.91 Å². The lowest BCUT2D eigenvalue weighted by molar-refractivity contribution is -0.138. The van der Waals surface area contributed by atoms with Crippen molar-refractivity contribution in [2.24, 2.45) is 0 Å². The Balaban J connectivity index is 1.44. The van der Waals surface area contributed by atoms with Crippen molar-refractivity contribution in [2.45, 2.75) is 57.9 Å². The highest BCUT2D eigenvalue weighted by molar-refractivity contribution is 5.85. The van der Waals surface area contributed by atoms with Gasteiger partial charge in [0.2, 0.25) is 5.88 Å². The maximum absolute atomic E-state index is 13.5. The molecule has 3 aromatic rings. The highest BCUT2D eigenvalue weighted by Crippen LogP contribution is 2.31. The summed E-state index contributed by atoms with van der Waals surface area (Å²) in [7, 11) is 1.60. The molecular weight excluding hydrogens is 737 g/mol. The molecule has 15 heteroatoms. The quantitative estimate of drug-likeness (QED) is 0.0797. The number of amides is 1. The van der Waals surface area contributed by atoms with E-state index < -0.39 is 29.3 Å². The third-order valence-electron chi connectivity index (χ3n) is 8.39. The Bertz CT molecular complexity index is 1510. The molecule has 12 nitrogen and oxygen atoms in total. The molecular formula is C41H57F3N2O10. The van der Waals surface area contributed by atoms with Crippen LogP contribution in [0.4, 0.5) is 13.2 Å². The molecule has 312 valence electrons. The summed E-state index contributed by atoms with van der Waals surface area (Å²) in [6.45, 7) is 13.2. The highest BCUT2D eigenvalue weighted by atomic mass is 19.4. The molecule has 2 atom stereocenters. The van der Waals surface area contributed by atoms with Crippen LogP contribution in [0, 0.1) is 0 Å². The van der Waals surface area contributed by atoms with Crippen molar-refractivity contribution in [3.05, 3.63) is 83.6 Å². The molecule has 56 heavy (non-hydrogen) atoms. The number of nitrogens with one attached hydrogen (secondary N) is 1. The number of carbonyl (C=O) groups is 1. The van der Waals surface area contributed by atoms with Crippen LogP contribution in [0.2, 0.25) is 0 Å². The van der Waals surface area contributed by atoms with Crippen molar-refractivity contribution in [3.63, 3.8) is 0 Å². The number of carbonyl (C=O) groups excluding carboxylic acids is 1. The standard InChI is InChI=1S/C41H57F3N2O10/c1-6-49-16-17-50-18-19-51-20-21-52-22-23-53-24-25-54-26-27-55-36-9-7-8-33(29-36)37(28-32-10-13-35(48-5)14-11-32)31(2)46-39(47)40(3,4)56-38-15-12-34(30-45-38)41(42,43)44/h7-15,29-31,37H,6,16-28H2,1-5H3,(H,46,47). The molecule has 0 bridgehead atoms. The van der Waals surface area contributed by atoms with Crippen molar-refractivity contribution in [1.82, 2.24) is 10.3 Å². The molecule has 2 aromatic carbocycles. The number of hydrogen-bond donors (Lipinski definition) is 1. The number of rotatable bonds is 29. The van der Waals surface area contributed by atoms with Crippen LogP contribution in [-0.4, -0.2) is 116 Å². The molecule has 1 heterocycles. The van der Waals surface area contributed by atoms with Crippen LogP contribution in [0.3, 0.4) is 0 Å². The second kappa shape index (κ2) is 25.3. The van der Waals surface area contributed by atoms with E-state index in [-0.39, 0.29) is 11.8 Å². The van der Waals surface area contributed by atoms with Gasteiger partial charge in [0.15, 0.2) is 5.60 Å². The number of nitrogens with zero attached hydrogens (tertiary/aromatic N) is 1. The first-order chi connectivity index (χ1) is 26.9. The largest absolute Gasteiger partial charge is 0.497 e. The average Bonchev–Trinajstić information content (AvgIpc) is 3.17. The molecule has 0 saturated carbocycles. The van der Waals surface area contributed by atoms with E-state index in [1.165, 1.54) is 13.8 Å². The topological polar surface area (TPSA) is 125 Å². The van der Waals surface area contributed by atoms with Crippen molar-refractivity contribution < 1.29 is 60.6 Å². The molecule has 0 aliphatic rings. The number of benzene rings is 2. The number of pyridine rings is 1. The Morgan fingerprint density at radius 3 is 1.79 bits per heavy atom. The third kappa shape index (κ3) is 17.9. The summed E-state index contributed by atoms with van der Waals surface area (Å²) in [5.41, 5.74) is -0.395. The second-order valence-corrected chi connectivity index (χ2v) is 13.1. The monoisotopic (exact) mass is 794 g/mol. The maximum Gasteiger partial charge on any atom is 0.417 e. The van der Waals surface area contributed by atoms with Gasteiger partial charge in [0.05, 0.1) is 85.3 Å². The molecule has 0 aliphatic heterocycles. The zero-order valence-electron chi connectivity index (χ0n) is 33.1. The van der Waals surface area contributed by atoms with Crippen LogP contribution < -0.4 is 19.5 Å². The van der Waals surface area contributed by atoms with Crippen LogP contribution in [0.5, 0.6) is 17.4 Å². The van der Waals surface area contributed by atoms with Crippen LogP contribution in [0.25, 0.3) is 0 Å². The van der Waals surface area contributed by atoms with Crippen LogP contribution in [0.15, 0.2) is 66.9 Å². The minimum absolute atomic E-state index is 0.100. The first kappa shape index (κ1) is 46.4. The lowest BCUT2D eigenvalue weighted by Crippen LogP contribution is -2.51. The zero-order chi connectivity index (χ0) is 40.7. The van der Waals surface area contributed by atoms with Crippen LogP contribution in [-0.2, 0) is 45.8 Å². The Kier molecular flexibility index (Phi) is 21.0. The molecule has 0 spiro atoms. The summed E-state index contributed by atoms with van der Waals surface area (Å²) >= 11 is 0. The lowest BCUT2D eigenvalue weighted by Gasteiger charge is -2.31. The lowest BCUT2D eigenvalue weighted by atomic mass is 9.86. The summed E-state index contributed by atoms with van der Waals surface area (Å²) < 4.78 is 88.8. The van der Waals surface area contributed by atoms with Gasteiger partial charge >= 0.3 is 6.18 Å². The van der Waals surface area contributed by atoms with Crippen LogP contribution in [0.1, 0.15) is 50.3 Å². The predicted molar refractivity (Wildman–Crippen MR) is 204 cm³/mol. The van der Waals surface area contributed by atoms with E-state index in [0.29, 0.717) is 104 Å². The van der Waals surface area contributed by atoms with E-state index in [9.17, 15) is 18.0 Å². The van der Waals surface area contributed by atoms with Crippen molar-refractivity contribution in [2.75, 3.05) is 93.0 Å². The van der Waals surface area contributed by atoms with Gasteiger partial charge in [0.1, 0.15) is 18.1 Å². The fraction of sp³-hybridized carbons (Fsp3) is 0.561. The molecule has 0 fully saturated rings. The zero-order valence-corrected chi connectivity index (χ0v) is 33.1. The first-order valence-corrected chi connectivity index (χ1v) is 18.8. The fourth-order valence-corrected chi connectivity index (χ4v) is 5.29. The Morgan fingerprint density at radius 2 is 1.29 bits per heavy atom. The predicted octanol–water partition coefficient (Wildman–Crippen LogP) is 6.30. The summed E-state index contributed by atoms with van der Waals surface area (Å²) in [6.07, 6.45) is -3.28. The van der Waals surface area contributed by atoms with Crippen molar-refractivity contribution in [1.29, 1.82) is 0 Å². The summed E-state index contributed by atoms with van der Waals surface area (Å²) in [5.74, 6) is 0.620. The number of alkyl halides is 3.